The number of ether oxygens (including phenoxy) is 1. The maximum atomic E-state index is 14.7. The number of para-hydroxylation sites is 1. The zero-order valence-corrected chi connectivity index (χ0v) is 21.1. The van der Waals surface area contributed by atoms with Crippen molar-refractivity contribution in [2.75, 3.05) is 29.9 Å². The number of nitrogens with two attached hydrogens (primary N) is 1. The van der Waals surface area contributed by atoms with Crippen LogP contribution in [0, 0.1) is 5.92 Å². The number of anilines is 2. The Labute approximate surface area is 225 Å². The van der Waals surface area contributed by atoms with Crippen molar-refractivity contribution in [3.05, 3.63) is 82.3 Å². The van der Waals surface area contributed by atoms with E-state index in [0.29, 0.717) is 17.4 Å². The van der Waals surface area contributed by atoms with E-state index in [2.05, 4.69) is 5.32 Å². The number of aromatic nitrogens is 1. The Kier molecular flexibility index (Phi) is 8.43. The Morgan fingerprint density at radius 2 is 1.75 bits per heavy atom. The molecule has 2 aromatic carbocycles. The fraction of sp³-hybridized carbons (Fsp3) is 0.333. The van der Waals surface area contributed by atoms with Gasteiger partial charge in [0.2, 0.25) is 0 Å². The lowest BCUT2D eigenvalue weighted by Crippen LogP contribution is -2.40. The minimum atomic E-state index is -4.93. The third-order valence-corrected chi connectivity index (χ3v) is 6.43. The van der Waals surface area contributed by atoms with Crippen LogP contribution in [0.4, 0.5) is 37.7 Å². The molecule has 1 aromatic heterocycles. The van der Waals surface area contributed by atoms with Crippen LogP contribution in [0.1, 0.15) is 28.8 Å². The van der Waals surface area contributed by atoms with Crippen LogP contribution in [0.15, 0.2) is 65.6 Å². The van der Waals surface area contributed by atoms with Gasteiger partial charge in [-0.05, 0) is 61.7 Å². The maximum absolute atomic E-state index is 14.7. The van der Waals surface area contributed by atoms with Crippen molar-refractivity contribution in [3.8, 4) is 11.5 Å². The summed E-state index contributed by atoms with van der Waals surface area (Å²) in [4.78, 5) is 27.2. The summed E-state index contributed by atoms with van der Waals surface area (Å²) in [5, 5.41) is 2.33. The van der Waals surface area contributed by atoms with Gasteiger partial charge >= 0.3 is 12.4 Å². The van der Waals surface area contributed by atoms with Gasteiger partial charge in [-0.2, -0.15) is 26.3 Å². The minimum Gasteiger partial charge on any atom is -0.457 e. The molecule has 0 bridgehead atoms. The van der Waals surface area contributed by atoms with Gasteiger partial charge in [-0.1, -0.05) is 18.2 Å². The van der Waals surface area contributed by atoms with E-state index in [0.717, 1.165) is 24.4 Å². The lowest BCUT2D eigenvalue weighted by molar-refractivity contribution is -0.141. The van der Waals surface area contributed by atoms with E-state index in [1.54, 1.807) is 18.2 Å². The predicted molar refractivity (Wildman–Crippen MR) is 137 cm³/mol. The molecule has 1 amide bonds. The second-order valence-electron chi connectivity index (χ2n) is 9.36. The molecular formula is C27H26F6N4O3. The minimum absolute atomic E-state index is 0.110. The monoisotopic (exact) mass is 568 g/mol. The van der Waals surface area contributed by atoms with E-state index in [1.807, 2.05) is 0 Å². The van der Waals surface area contributed by atoms with Crippen molar-refractivity contribution in [2.45, 2.75) is 31.7 Å². The fourth-order valence-corrected chi connectivity index (χ4v) is 4.65. The Balaban J connectivity index is 1.81. The number of rotatable bonds is 7. The molecule has 1 atom stereocenters. The summed E-state index contributed by atoms with van der Waals surface area (Å²) in [5.41, 5.74) is 2.12. The molecule has 0 unspecified atom stereocenters. The molecule has 7 nitrogen and oxygen atoms in total. The van der Waals surface area contributed by atoms with E-state index in [-0.39, 0.29) is 42.7 Å². The second kappa shape index (κ2) is 11.6. The lowest BCUT2D eigenvalue weighted by Gasteiger charge is -2.37. The molecule has 1 fully saturated rings. The first kappa shape index (κ1) is 29.0. The molecule has 1 aliphatic rings. The molecule has 0 spiro atoms. The molecule has 1 aliphatic heterocycles. The number of hydrogen-bond acceptors (Lipinski definition) is 5. The van der Waals surface area contributed by atoms with Crippen LogP contribution in [0.5, 0.6) is 11.5 Å². The first-order chi connectivity index (χ1) is 18.9. The molecule has 0 saturated carbocycles. The van der Waals surface area contributed by atoms with Gasteiger partial charge in [0.05, 0.1) is 11.4 Å². The number of benzene rings is 2. The molecule has 1 saturated heterocycles. The molecule has 0 aliphatic carbocycles. The second-order valence-corrected chi connectivity index (χ2v) is 9.36. The third-order valence-electron chi connectivity index (χ3n) is 6.43. The van der Waals surface area contributed by atoms with Crippen LogP contribution in [0.25, 0.3) is 0 Å². The van der Waals surface area contributed by atoms with Gasteiger partial charge in [-0.25, -0.2) is 0 Å². The Morgan fingerprint density at radius 3 is 2.40 bits per heavy atom. The zero-order chi connectivity index (χ0) is 29.1. The normalized spacial score (nSPS) is 16.1. The van der Waals surface area contributed by atoms with Gasteiger partial charge in [-0.15, -0.1) is 0 Å². The molecule has 40 heavy (non-hydrogen) atoms. The largest absolute Gasteiger partial charge is 0.457 e. The van der Waals surface area contributed by atoms with E-state index in [1.165, 1.54) is 23.1 Å². The SMILES string of the molecule is NC[C@@H]1CCCN(c2c(NC(=O)c3cccn(CC(F)(F)F)c3=O)ccc(Oc3ccccc3)c2C(F)(F)F)C1. The number of nitrogens with one attached hydrogen (secondary N) is 1. The van der Waals surface area contributed by atoms with Crippen LogP contribution < -0.4 is 26.2 Å². The van der Waals surface area contributed by atoms with E-state index >= 15 is 0 Å². The number of alkyl halides is 6. The molecular weight excluding hydrogens is 542 g/mol. The summed E-state index contributed by atoms with van der Waals surface area (Å²) in [7, 11) is 0. The average Bonchev–Trinajstić information content (AvgIpc) is 2.89. The number of halogens is 6. The highest BCUT2D eigenvalue weighted by atomic mass is 19.4. The van der Waals surface area contributed by atoms with E-state index in [4.69, 9.17) is 10.5 Å². The first-order valence-corrected chi connectivity index (χ1v) is 12.4. The standard InChI is InChI=1S/C27H26F6N4O3/c28-26(29,30)16-37-13-5-9-19(25(37)39)24(38)35-20-10-11-21(40-18-7-2-1-3-8-18)22(27(31,32)33)23(20)36-12-4-6-17(14-34)15-36/h1-3,5,7-11,13,17H,4,6,12,14-16,34H2,(H,35,38)/t17-/m0/s1. The highest BCUT2D eigenvalue weighted by Gasteiger charge is 2.41. The van der Waals surface area contributed by atoms with E-state index in [9.17, 15) is 35.9 Å². The number of hydrogen-bond donors (Lipinski definition) is 2. The average molecular weight is 569 g/mol. The van der Waals surface area contributed by atoms with Crippen LogP contribution in [0.2, 0.25) is 0 Å². The van der Waals surface area contributed by atoms with Gasteiger partial charge in [0.25, 0.3) is 11.5 Å². The lowest BCUT2D eigenvalue weighted by atomic mass is 9.96. The van der Waals surface area contributed by atoms with Gasteiger partial charge in [0.15, 0.2) is 0 Å². The van der Waals surface area contributed by atoms with Crippen molar-refractivity contribution < 1.29 is 35.9 Å². The van der Waals surface area contributed by atoms with E-state index < -0.39 is 47.2 Å². The molecule has 214 valence electrons. The van der Waals surface area contributed by atoms with Gasteiger partial charge in [0.1, 0.15) is 29.2 Å². The van der Waals surface area contributed by atoms with Crippen LogP contribution in [-0.2, 0) is 12.7 Å². The fourth-order valence-electron chi connectivity index (χ4n) is 4.65. The highest BCUT2D eigenvalue weighted by Crippen LogP contribution is 2.48. The summed E-state index contributed by atoms with van der Waals surface area (Å²) < 4.78 is 88.5. The van der Waals surface area contributed by atoms with Crippen molar-refractivity contribution in [2.24, 2.45) is 11.7 Å². The Hall–Kier alpha value is -4.00. The van der Waals surface area contributed by atoms with Crippen LogP contribution >= 0.6 is 0 Å². The van der Waals surface area contributed by atoms with Gasteiger partial charge < -0.3 is 25.3 Å². The van der Waals surface area contributed by atoms with Crippen molar-refractivity contribution in [3.63, 3.8) is 0 Å². The van der Waals surface area contributed by atoms with Crippen LogP contribution in [-0.4, -0.2) is 36.3 Å². The summed E-state index contributed by atoms with van der Waals surface area (Å²) in [5.74, 6) is -1.61. The zero-order valence-electron chi connectivity index (χ0n) is 21.1. The summed E-state index contributed by atoms with van der Waals surface area (Å²) in [6.07, 6.45) is -7.54. The molecule has 0 radical (unpaired) electrons. The summed E-state index contributed by atoms with van der Waals surface area (Å²) in [6.45, 7) is -0.999. The third kappa shape index (κ3) is 6.76. The quantitative estimate of drug-likeness (QED) is 0.360. The van der Waals surface area contributed by atoms with Crippen LogP contribution in [0.3, 0.4) is 0 Å². The molecule has 4 rings (SSSR count). The molecule has 3 aromatic rings. The molecule has 13 heteroatoms. The van der Waals surface area contributed by atoms with Crippen molar-refractivity contribution in [1.82, 2.24) is 4.57 Å². The smallest absolute Gasteiger partial charge is 0.422 e. The number of piperidine rings is 1. The van der Waals surface area contributed by atoms with Crippen molar-refractivity contribution >= 4 is 17.3 Å². The summed E-state index contributed by atoms with van der Waals surface area (Å²) >= 11 is 0. The Morgan fingerprint density at radius 1 is 1.02 bits per heavy atom. The maximum Gasteiger partial charge on any atom is 0.422 e. The summed E-state index contributed by atoms with van der Waals surface area (Å²) in [6, 6.07) is 12.2. The number of carbonyl (C=O) groups excluding carboxylic acids is 1. The van der Waals surface area contributed by atoms with Gasteiger partial charge in [0, 0.05) is 19.3 Å². The number of amides is 1. The van der Waals surface area contributed by atoms with Crippen molar-refractivity contribution in [1.29, 1.82) is 0 Å². The van der Waals surface area contributed by atoms with Gasteiger partial charge in [-0.3, -0.25) is 9.59 Å². The highest BCUT2D eigenvalue weighted by molar-refractivity contribution is 6.06. The topological polar surface area (TPSA) is 89.6 Å². The molecule has 3 N–H and O–H groups in total. The predicted octanol–water partition coefficient (Wildman–Crippen LogP) is 5.65. The first-order valence-electron chi connectivity index (χ1n) is 12.4. The number of pyridine rings is 1. The molecule has 2 heterocycles. The number of carbonyl (C=O) groups is 1. The Bertz CT molecular complexity index is 1410. The number of nitrogens with zero attached hydrogens (tertiary/aromatic N) is 2.